The summed E-state index contributed by atoms with van der Waals surface area (Å²) in [6.07, 6.45) is 1.33. The number of phenolic OH excluding ortho intramolecular Hbond substituents is 1. The number of hydrogen-bond acceptors (Lipinski definition) is 4. The molecule has 1 aromatic carbocycles. The van der Waals surface area contributed by atoms with Gasteiger partial charge in [0, 0.05) is 13.1 Å². The zero-order chi connectivity index (χ0) is 14.7. The molecule has 6 heteroatoms. The summed E-state index contributed by atoms with van der Waals surface area (Å²) in [5.41, 5.74) is -0.0875. The molecule has 1 atom stereocenters. The number of halogens is 1. The van der Waals surface area contributed by atoms with Gasteiger partial charge in [-0.15, -0.1) is 0 Å². The SMILES string of the molecule is COC(=O)C1CCCN(C(=O)c2cc(F)ccc2O)C1. The first-order valence-electron chi connectivity index (χ1n) is 6.38. The van der Waals surface area contributed by atoms with Gasteiger partial charge in [-0.25, -0.2) is 4.39 Å². The molecule has 0 saturated carbocycles. The summed E-state index contributed by atoms with van der Waals surface area (Å²) in [4.78, 5) is 25.2. The lowest BCUT2D eigenvalue weighted by Crippen LogP contribution is -2.42. The van der Waals surface area contributed by atoms with Gasteiger partial charge in [0.15, 0.2) is 0 Å². The molecule has 1 amide bonds. The van der Waals surface area contributed by atoms with Gasteiger partial charge in [-0.3, -0.25) is 9.59 Å². The number of aromatic hydroxyl groups is 1. The molecule has 1 aliphatic heterocycles. The topological polar surface area (TPSA) is 66.8 Å². The highest BCUT2D eigenvalue weighted by molar-refractivity contribution is 5.97. The number of hydrogen-bond donors (Lipinski definition) is 1. The second-order valence-electron chi connectivity index (χ2n) is 4.77. The molecule has 0 aliphatic carbocycles. The Hall–Kier alpha value is -2.11. The number of amides is 1. The second-order valence-corrected chi connectivity index (χ2v) is 4.77. The van der Waals surface area contributed by atoms with Crippen molar-refractivity contribution in [2.24, 2.45) is 5.92 Å². The molecular weight excluding hydrogens is 265 g/mol. The van der Waals surface area contributed by atoms with Crippen LogP contribution in [-0.2, 0) is 9.53 Å². The lowest BCUT2D eigenvalue weighted by molar-refractivity contribution is -0.146. The molecule has 0 aromatic heterocycles. The van der Waals surface area contributed by atoms with Crippen molar-refractivity contribution in [3.63, 3.8) is 0 Å². The minimum absolute atomic E-state index is 0.0875. The molecule has 5 nitrogen and oxygen atoms in total. The minimum atomic E-state index is -0.590. The average Bonchev–Trinajstić information content (AvgIpc) is 2.48. The highest BCUT2D eigenvalue weighted by Crippen LogP contribution is 2.24. The van der Waals surface area contributed by atoms with Crippen LogP contribution in [0.2, 0.25) is 0 Å². The maximum absolute atomic E-state index is 13.2. The Balaban J connectivity index is 2.16. The van der Waals surface area contributed by atoms with Gasteiger partial charge in [-0.05, 0) is 31.0 Å². The fourth-order valence-corrected chi connectivity index (χ4v) is 2.37. The molecule has 0 spiro atoms. The van der Waals surface area contributed by atoms with Gasteiger partial charge in [0.05, 0.1) is 18.6 Å². The summed E-state index contributed by atoms with van der Waals surface area (Å²) in [5.74, 6) is -2.06. The van der Waals surface area contributed by atoms with E-state index in [0.29, 0.717) is 19.4 Å². The largest absolute Gasteiger partial charge is 0.507 e. The number of esters is 1. The van der Waals surface area contributed by atoms with E-state index in [4.69, 9.17) is 0 Å². The zero-order valence-electron chi connectivity index (χ0n) is 11.1. The fourth-order valence-electron chi connectivity index (χ4n) is 2.37. The lowest BCUT2D eigenvalue weighted by Gasteiger charge is -2.31. The van der Waals surface area contributed by atoms with Crippen molar-refractivity contribution in [1.82, 2.24) is 4.90 Å². The molecule has 20 heavy (non-hydrogen) atoms. The molecule has 0 radical (unpaired) electrons. The van der Waals surface area contributed by atoms with Crippen molar-refractivity contribution in [3.8, 4) is 5.75 Å². The van der Waals surface area contributed by atoms with Crippen LogP contribution in [-0.4, -0.2) is 42.1 Å². The Kier molecular flexibility index (Phi) is 4.22. The Labute approximate surface area is 116 Å². The number of likely N-dealkylation sites (tertiary alicyclic amines) is 1. The van der Waals surface area contributed by atoms with Crippen molar-refractivity contribution in [1.29, 1.82) is 0 Å². The first kappa shape index (κ1) is 14.3. The van der Waals surface area contributed by atoms with Crippen molar-refractivity contribution in [3.05, 3.63) is 29.6 Å². The number of ether oxygens (including phenoxy) is 1. The van der Waals surface area contributed by atoms with E-state index in [0.717, 1.165) is 18.2 Å². The summed E-state index contributed by atoms with van der Waals surface area (Å²) >= 11 is 0. The predicted octanol–water partition coefficient (Wildman–Crippen LogP) is 1.56. The number of benzene rings is 1. The first-order chi connectivity index (χ1) is 9.52. The zero-order valence-corrected chi connectivity index (χ0v) is 11.1. The number of methoxy groups -OCH3 is 1. The molecule has 1 aromatic rings. The van der Waals surface area contributed by atoms with E-state index in [9.17, 15) is 19.1 Å². The quantitative estimate of drug-likeness (QED) is 0.835. The number of carbonyl (C=O) groups is 2. The second kappa shape index (κ2) is 5.90. The maximum Gasteiger partial charge on any atom is 0.310 e. The summed E-state index contributed by atoms with van der Waals surface area (Å²) in [7, 11) is 1.31. The molecule has 0 bridgehead atoms. The van der Waals surface area contributed by atoms with Crippen LogP contribution in [0.25, 0.3) is 0 Å². The van der Waals surface area contributed by atoms with Gasteiger partial charge >= 0.3 is 5.97 Å². The number of carbonyl (C=O) groups excluding carboxylic acids is 2. The third kappa shape index (κ3) is 2.89. The van der Waals surface area contributed by atoms with Crippen LogP contribution in [0.1, 0.15) is 23.2 Å². The van der Waals surface area contributed by atoms with Gasteiger partial charge < -0.3 is 14.7 Å². The molecule has 1 fully saturated rings. The van der Waals surface area contributed by atoms with E-state index in [2.05, 4.69) is 4.74 Å². The van der Waals surface area contributed by atoms with Crippen LogP contribution >= 0.6 is 0 Å². The van der Waals surface area contributed by atoms with Gasteiger partial charge in [0.1, 0.15) is 11.6 Å². The minimum Gasteiger partial charge on any atom is -0.507 e. The predicted molar refractivity (Wildman–Crippen MR) is 68.7 cm³/mol. The molecule has 108 valence electrons. The van der Waals surface area contributed by atoms with Crippen LogP contribution in [0.3, 0.4) is 0 Å². The van der Waals surface area contributed by atoms with Gasteiger partial charge in [0.2, 0.25) is 0 Å². The Morgan fingerprint density at radius 2 is 2.20 bits per heavy atom. The van der Waals surface area contributed by atoms with Gasteiger partial charge in [-0.1, -0.05) is 0 Å². The summed E-state index contributed by atoms with van der Waals surface area (Å²) in [5, 5.41) is 9.65. The van der Waals surface area contributed by atoms with E-state index < -0.39 is 11.7 Å². The van der Waals surface area contributed by atoms with Crippen molar-refractivity contribution in [2.75, 3.05) is 20.2 Å². The average molecular weight is 281 g/mol. The van der Waals surface area contributed by atoms with Crippen LogP contribution in [0.15, 0.2) is 18.2 Å². The Bertz CT molecular complexity index is 532. The summed E-state index contributed by atoms with van der Waals surface area (Å²) < 4.78 is 17.9. The standard InChI is InChI=1S/C14H16FNO4/c1-20-14(19)9-3-2-6-16(8-9)13(18)11-7-10(15)4-5-12(11)17/h4-5,7,9,17H,2-3,6,8H2,1H3. The molecule has 2 rings (SSSR count). The summed E-state index contributed by atoms with van der Waals surface area (Å²) in [6.45, 7) is 0.698. The van der Waals surface area contributed by atoms with E-state index >= 15 is 0 Å². The third-order valence-corrected chi connectivity index (χ3v) is 3.43. The number of nitrogens with zero attached hydrogens (tertiary/aromatic N) is 1. The summed E-state index contributed by atoms with van der Waals surface area (Å²) in [6, 6.07) is 3.23. The first-order valence-corrected chi connectivity index (χ1v) is 6.38. The number of piperidine rings is 1. The third-order valence-electron chi connectivity index (χ3n) is 3.43. The molecule has 1 saturated heterocycles. The van der Waals surface area contributed by atoms with Crippen molar-refractivity contribution >= 4 is 11.9 Å². The monoisotopic (exact) mass is 281 g/mol. The van der Waals surface area contributed by atoms with E-state index in [-0.39, 0.29) is 29.7 Å². The van der Waals surface area contributed by atoms with Crippen LogP contribution in [0.5, 0.6) is 5.75 Å². The van der Waals surface area contributed by atoms with E-state index in [1.165, 1.54) is 12.0 Å². The van der Waals surface area contributed by atoms with E-state index in [1.807, 2.05) is 0 Å². The van der Waals surface area contributed by atoms with Gasteiger partial charge in [-0.2, -0.15) is 0 Å². The molecule has 1 unspecified atom stereocenters. The fraction of sp³-hybridized carbons (Fsp3) is 0.429. The van der Waals surface area contributed by atoms with Crippen LogP contribution in [0, 0.1) is 11.7 Å². The maximum atomic E-state index is 13.2. The smallest absolute Gasteiger partial charge is 0.310 e. The normalized spacial score (nSPS) is 18.7. The molecular formula is C14H16FNO4. The highest BCUT2D eigenvalue weighted by atomic mass is 19.1. The lowest BCUT2D eigenvalue weighted by atomic mass is 9.97. The molecule has 1 heterocycles. The highest BCUT2D eigenvalue weighted by Gasteiger charge is 2.30. The molecule has 1 aliphatic rings. The van der Waals surface area contributed by atoms with Crippen LogP contribution < -0.4 is 0 Å². The van der Waals surface area contributed by atoms with Crippen molar-refractivity contribution < 1.29 is 23.8 Å². The number of phenols is 1. The Morgan fingerprint density at radius 1 is 1.45 bits per heavy atom. The van der Waals surface area contributed by atoms with Gasteiger partial charge in [0.25, 0.3) is 5.91 Å². The van der Waals surface area contributed by atoms with E-state index in [1.54, 1.807) is 0 Å². The van der Waals surface area contributed by atoms with Crippen LogP contribution in [0.4, 0.5) is 4.39 Å². The Morgan fingerprint density at radius 3 is 2.90 bits per heavy atom. The number of rotatable bonds is 2. The molecule has 1 N–H and O–H groups in total. The van der Waals surface area contributed by atoms with Crippen molar-refractivity contribution in [2.45, 2.75) is 12.8 Å².